The third kappa shape index (κ3) is 1.77. The Kier molecular flexibility index (Phi) is 2.60. The lowest BCUT2D eigenvalue weighted by molar-refractivity contribution is -0.105. The van der Waals surface area contributed by atoms with Gasteiger partial charge in [-0.15, -0.1) is 0 Å². The summed E-state index contributed by atoms with van der Waals surface area (Å²) >= 11 is 0. The molecule has 4 nitrogen and oxygen atoms in total. The lowest BCUT2D eigenvalue weighted by Gasteiger charge is -2.29. The van der Waals surface area contributed by atoms with E-state index in [0.717, 1.165) is 19.4 Å². The Bertz CT molecular complexity index is 147. The molecular weight excluding hydrogens is 158 g/mol. The number of ether oxygens (including phenoxy) is 2. The van der Waals surface area contributed by atoms with Crippen molar-refractivity contribution < 1.29 is 14.6 Å². The standard InChI is InChI=1S/C8H15NO3/c10-7-5-6(1-2-9-7)8-11-3-4-12-8/h6-10H,1-5H2. The van der Waals surface area contributed by atoms with Gasteiger partial charge in [-0.25, -0.2) is 0 Å². The van der Waals surface area contributed by atoms with Crippen molar-refractivity contribution >= 4 is 0 Å². The molecule has 0 bridgehead atoms. The van der Waals surface area contributed by atoms with E-state index in [1.807, 2.05) is 0 Å². The maximum absolute atomic E-state index is 9.32. The molecule has 0 aliphatic carbocycles. The number of aliphatic hydroxyl groups is 1. The number of hydrogen-bond acceptors (Lipinski definition) is 4. The second kappa shape index (κ2) is 3.70. The molecule has 2 fully saturated rings. The van der Waals surface area contributed by atoms with Crippen molar-refractivity contribution in [2.75, 3.05) is 19.8 Å². The molecular formula is C8H15NO3. The van der Waals surface area contributed by atoms with Crippen molar-refractivity contribution in [3.63, 3.8) is 0 Å². The fourth-order valence-electron chi connectivity index (χ4n) is 1.82. The lowest BCUT2D eigenvalue weighted by atomic mass is 9.96. The Morgan fingerprint density at radius 1 is 1.25 bits per heavy atom. The first-order valence-corrected chi connectivity index (χ1v) is 4.51. The molecule has 2 rings (SSSR count). The minimum atomic E-state index is -0.378. The van der Waals surface area contributed by atoms with Crippen LogP contribution in [0.15, 0.2) is 0 Å². The van der Waals surface area contributed by atoms with E-state index in [4.69, 9.17) is 9.47 Å². The van der Waals surface area contributed by atoms with Crippen LogP contribution in [0.5, 0.6) is 0 Å². The third-order valence-corrected chi connectivity index (χ3v) is 2.45. The van der Waals surface area contributed by atoms with Crippen LogP contribution >= 0.6 is 0 Å². The first-order valence-electron chi connectivity index (χ1n) is 4.51. The van der Waals surface area contributed by atoms with Crippen LogP contribution in [0.4, 0.5) is 0 Å². The minimum absolute atomic E-state index is 0.0678. The van der Waals surface area contributed by atoms with Gasteiger partial charge >= 0.3 is 0 Å². The van der Waals surface area contributed by atoms with E-state index in [1.54, 1.807) is 0 Å². The van der Waals surface area contributed by atoms with Crippen LogP contribution in [0.1, 0.15) is 12.8 Å². The van der Waals surface area contributed by atoms with Gasteiger partial charge in [-0.05, 0) is 19.4 Å². The fourth-order valence-corrected chi connectivity index (χ4v) is 1.82. The second-order valence-corrected chi connectivity index (χ2v) is 3.36. The zero-order valence-corrected chi connectivity index (χ0v) is 7.03. The molecule has 70 valence electrons. The van der Waals surface area contributed by atoms with Crippen LogP contribution < -0.4 is 5.32 Å². The van der Waals surface area contributed by atoms with E-state index < -0.39 is 0 Å². The molecule has 0 radical (unpaired) electrons. The average molecular weight is 173 g/mol. The molecule has 4 heteroatoms. The Balaban J connectivity index is 1.85. The Hall–Kier alpha value is -0.160. The molecule has 2 atom stereocenters. The summed E-state index contributed by atoms with van der Waals surface area (Å²) in [5.41, 5.74) is 0. The van der Waals surface area contributed by atoms with E-state index in [0.29, 0.717) is 19.1 Å². The molecule has 0 aromatic carbocycles. The SMILES string of the molecule is OC1CC(C2OCCO2)CCN1. The summed E-state index contributed by atoms with van der Waals surface area (Å²) in [4.78, 5) is 0. The highest BCUT2D eigenvalue weighted by Gasteiger charge is 2.30. The van der Waals surface area contributed by atoms with Crippen LogP contribution in [-0.4, -0.2) is 37.4 Å². The maximum Gasteiger partial charge on any atom is 0.160 e. The molecule has 2 saturated heterocycles. The highest BCUT2D eigenvalue weighted by Crippen LogP contribution is 2.24. The molecule has 2 N–H and O–H groups in total. The van der Waals surface area contributed by atoms with Crippen molar-refractivity contribution in [1.82, 2.24) is 5.32 Å². The quantitative estimate of drug-likeness (QED) is 0.570. The van der Waals surface area contributed by atoms with Crippen molar-refractivity contribution in [3.8, 4) is 0 Å². The molecule has 2 aliphatic rings. The van der Waals surface area contributed by atoms with Gasteiger partial charge in [-0.2, -0.15) is 0 Å². The number of hydrogen-bond donors (Lipinski definition) is 2. The van der Waals surface area contributed by atoms with Gasteiger partial charge in [0.15, 0.2) is 6.29 Å². The van der Waals surface area contributed by atoms with Gasteiger partial charge in [-0.1, -0.05) is 0 Å². The molecule has 0 aromatic rings. The molecule has 2 unspecified atom stereocenters. The number of rotatable bonds is 1. The summed E-state index contributed by atoms with van der Waals surface area (Å²) in [6, 6.07) is 0. The second-order valence-electron chi connectivity index (χ2n) is 3.36. The Labute approximate surface area is 71.9 Å². The van der Waals surface area contributed by atoms with Gasteiger partial charge < -0.3 is 14.6 Å². The minimum Gasteiger partial charge on any atom is -0.379 e. The lowest BCUT2D eigenvalue weighted by Crippen LogP contribution is -2.41. The third-order valence-electron chi connectivity index (χ3n) is 2.45. The van der Waals surface area contributed by atoms with Crippen molar-refractivity contribution in [1.29, 1.82) is 0 Å². The van der Waals surface area contributed by atoms with Crippen molar-refractivity contribution in [3.05, 3.63) is 0 Å². The normalized spacial score (nSPS) is 38.8. The molecule has 0 saturated carbocycles. The predicted octanol–water partition coefficient (Wildman–Crippen LogP) is -0.323. The van der Waals surface area contributed by atoms with E-state index in [2.05, 4.69) is 5.32 Å². The zero-order chi connectivity index (χ0) is 8.39. The molecule has 0 aromatic heterocycles. The van der Waals surface area contributed by atoms with Gasteiger partial charge in [0.2, 0.25) is 0 Å². The van der Waals surface area contributed by atoms with E-state index >= 15 is 0 Å². The molecule has 2 heterocycles. The monoisotopic (exact) mass is 173 g/mol. The molecule has 0 spiro atoms. The average Bonchev–Trinajstić information content (AvgIpc) is 2.56. The fraction of sp³-hybridized carbons (Fsp3) is 1.00. The van der Waals surface area contributed by atoms with Gasteiger partial charge in [0, 0.05) is 5.92 Å². The summed E-state index contributed by atoms with van der Waals surface area (Å²) in [6.45, 7) is 2.25. The van der Waals surface area contributed by atoms with Gasteiger partial charge in [0.1, 0.15) is 6.23 Å². The highest BCUT2D eigenvalue weighted by atomic mass is 16.7. The van der Waals surface area contributed by atoms with E-state index in [1.165, 1.54) is 0 Å². The first kappa shape index (κ1) is 8.44. The Morgan fingerprint density at radius 3 is 2.67 bits per heavy atom. The van der Waals surface area contributed by atoms with E-state index in [9.17, 15) is 5.11 Å². The van der Waals surface area contributed by atoms with Crippen LogP contribution in [-0.2, 0) is 9.47 Å². The molecule has 12 heavy (non-hydrogen) atoms. The number of nitrogens with one attached hydrogen (secondary N) is 1. The van der Waals surface area contributed by atoms with Crippen molar-refractivity contribution in [2.45, 2.75) is 25.4 Å². The van der Waals surface area contributed by atoms with E-state index in [-0.39, 0.29) is 12.5 Å². The summed E-state index contributed by atoms with van der Waals surface area (Å²) in [5, 5.41) is 12.3. The first-order chi connectivity index (χ1) is 5.86. The predicted molar refractivity (Wildman–Crippen MR) is 42.4 cm³/mol. The van der Waals surface area contributed by atoms with Gasteiger partial charge in [-0.3, -0.25) is 5.32 Å². The van der Waals surface area contributed by atoms with Crippen LogP contribution in [0, 0.1) is 5.92 Å². The highest BCUT2D eigenvalue weighted by molar-refractivity contribution is 4.75. The molecule has 2 aliphatic heterocycles. The smallest absolute Gasteiger partial charge is 0.160 e. The number of piperidine rings is 1. The summed E-state index contributed by atoms with van der Waals surface area (Å²) in [5.74, 6) is 0.365. The zero-order valence-electron chi connectivity index (χ0n) is 7.03. The summed E-state index contributed by atoms with van der Waals surface area (Å²) < 4.78 is 10.8. The van der Waals surface area contributed by atoms with Crippen LogP contribution in [0.25, 0.3) is 0 Å². The van der Waals surface area contributed by atoms with Crippen LogP contribution in [0.2, 0.25) is 0 Å². The van der Waals surface area contributed by atoms with Crippen molar-refractivity contribution in [2.24, 2.45) is 5.92 Å². The largest absolute Gasteiger partial charge is 0.379 e. The summed E-state index contributed by atoms with van der Waals surface area (Å²) in [7, 11) is 0. The molecule has 0 amide bonds. The maximum atomic E-state index is 9.32. The van der Waals surface area contributed by atoms with Gasteiger partial charge in [0.05, 0.1) is 13.2 Å². The number of aliphatic hydroxyl groups excluding tert-OH is 1. The topological polar surface area (TPSA) is 50.7 Å². The van der Waals surface area contributed by atoms with Crippen LogP contribution in [0.3, 0.4) is 0 Å². The van der Waals surface area contributed by atoms with Gasteiger partial charge in [0.25, 0.3) is 0 Å². The summed E-state index contributed by atoms with van der Waals surface area (Å²) in [6.07, 6.45) is 1.32. The Morgan fingerprint density at radius 2 is 2.00 bits per heavy atom.